The minimum absolute atomic E-state index is 0.307. The molecule has 3 rings (SSSR count). The number of carbonyl (C=O) groups is 2. The number of carboxylic acids is 1. The predicted molar refractivity (Wildman–Crippen MR) is 118 cm³/mol. The lowest BCUT2D eigenvalue weighted by Crippen LogP contribution is -2.35. The number of nitrogens with zero attached hydrogens (tertiary/aromatic N) is 1. The average molecular weight is 437 g/mol. The van der Waals surface area contributed by atoms with Crippen molar-refractivity contribution in [2.24, 2.45) is 7.05 Å². The van der Waals surface area contributed by atoms with Gasteiger partial charge in [-0.3, -0.25) is 9.59 Å². The molecule has 3 aromatic rings. The summed E-state index contributed by atoms with van der Waals surface area (Å²) in [5.41, 5.74) is 0.668. The van der Waals surface area contributed by atoms with E-state index in [0.29, 0.717) is 17.1 Å². The SMILES string of the molecule is Cc1ccc(Oc2cccc([C@H](CC(=O)O)NC(=O)Nc3c(O)ccn(C)c3=O)c2)cc1. The fourth-order valence-corrected chi connectivity index (χ4v) is 3.01. The summed E-state index contributed by atoms with van der Waals surface area (Å²) in [5.74, 6) is -0.438. The normalized spacial score (nSPS) is 11.4. The van der Waals surface area contributed by atoms with Crippen LogP contribution >= 0.6 is 0 Å². The molecule has 2 amide bonds. The highest BCUT2D eigenvalue weighted by Gasteiger charge is 2.20. The largest absolute Gasteiger partial charge is 0.505 e. The standard InChI is InChI=1S/C23H23N3O6/c1-14-6-8-16(9-7-14)32-17-5-3-4-15(12-17)18(13-20(28)29)24-23(31)25-21-19(27)10-11-26(2)22(21)30/h3-12,18,27H,13H2,1-2H3,(H,28,29)(H2,24,25,31)/t18-/m0/s1. The van der Waals surface area contributed by atoms with E-state index in [4.69, 9.17) is 4.74 Å². The lowest BCUT2D eigenvalue weighted by atomic mass is 10.0. The Kier molecular flexibility index (Phi) is 6.79. The van der Waals surface area contributed by atoms with Gasteiger partial charge in [0, 0.05) is 13.2 Å². The summed E-state index contributed by atoms with van der Waals surface area (Å²) >= 11 is 0. The van der Waals surface area contributed by atoms with E-state index in [1.165, 1.54) is 23.9 Å². The lowest BCUT2D eigenvalue weighted by molar-refractivity contribution is -0.137. The van der Waals surface area contributed by atoms with Crippen molar-refractivity contribution < 1.29 is 24.5 Å². The minimum Gasteiger partial charge on any atom is -0.505 e. The van der Waals surface area contributed by atoms with Crippen LogP contribution in [0.4, 0.5) is 10.5 Å². The molecule has 9 heteroatoms. The number of aromatic nitrogens is 1. The molecule has 0 bridgehead atoms. The van der Waals surface area contributed by atoms with E-state index in [1.54, 1.807) is 24.3 Å². The van der Waals surface area contributed by atoms with E-state index >= 15 is 0 Å². The molecule has 2 aromatic carbocycles. The fourth-order valence-electron chi connectivity index (χ4n) is 3.01. The van der Waals surface area contributed by atoms with Crippen molar-refractivity contribution in [2.45, 2.75) is 19.4 Å². The second-order valence-electron chi connectivity index (χ2n) is 7.23. The molecule has 0 aliphatic carbocycles. The number of nitrogens with one attached hydrogen (secondary N) is 2. The number of amides is 2. The third-order valence-corrected chi connectivity index (χ3v) is 4.69. The van der Waals surface area contributed by atoms with Crippen LogP contribution in [-0.4, -0.2) is 26.8 Å². The van der Waals surface area contributed by atoms with Crippen LogP contribution in [0.5, 0.6) is 17.2 Å². The van der Waals surface area contributed by atoms with Gasteiger partial charge in [0.15, 0.2) is 5.69 Å². The van der Waals surface area contributed by atoms with Gasteiger partial charge in [-0.05, 0) is 42.8 Å². The number of hydrogen-bond donors (Lipinski definition) is 4. The molecule has 9 nitrogen and oxygen atoms in total. The van der Waals surface area contributed by atoms with Crippen molar-refractivity contribution in [3.8, 4) is 17.2 Å². The van der Waals surface area contributed by atoms with Crippen LogP contribution in [0.3, 0.4) is 0 Å². The Morgan fingerprint density at radius 3 is 2.50 bits per heavy atom. The van der Waals surface area contributed by atoms with Crippen molar-refractivity contribution in [1.82, 2.24) is 9.88 Å². The second-order valence-corrected chi connectivity index (χ2v) is 7.23. The molecule has 0 unspecified atom stereocenters. The number of rotatable bonds is 7. The number of pyridine rings is 1. The lowest BCUT2D eigenvalue weighted by Gasteiger charge is -2.19. The van der Waals surface area contributed by atoms with Crippen LogP contribution in [-0.2, 0) is 11.8 Å². The van der Waals surface area contributed by atoms with Crippen LogP contribution in [0.25, 0.3) is 0 Å². The molecule has 0 spiro atoms. The van der Waals surface area contributed by atoms with Crippen molar-refractivity contribution in [3.63, 3.8) is 0 Å². The van der Waals surface area contributed by atoms with Crippen LogP contribution in [0.2, 0.25) is 0 Å². The van der Waals surface area contributed by atoms with Gasteiger partial charge in [-0.25, -0.2) is 4.79 Å². The van der Waals surface area contributed by atoms with Crippen LogP contribution in [0, 0.1) is 6.92 Å². The summed E-state index contributed by atoms with van der Waals surface area (Å²) in [6.07, 6.45) is 0.952. The number of benzene rings is 2. The molecular formula is C23H23N3O6. The van der Waals surface area contributed by atoms with Crippen LogP contribution in [0.1, 0.15) is 23.6 Å². The molecule has 166 valence electrons. The first kappa shape index (κ1) is 22.4. The second kappa shape index (κ2) is 9.69. The Hall–Kier alpha value is -4.27. The predicted octanol–water partition coefficient (Wildman–Crippen LogP) is 3.53. The van der Waals surface area contributed by atoms with E-state index in [0.717, 1.165) is 5.56 Å². The van der Waals surface area contributed by atoms with Gasteiger partial charge in [-0.15, -0.1) is 0 Å². The molecule has 32 heavy (non-hydrogen) atoms. The smallest absolute Gasteiger partial charge is 0.319 e. The molecule has 0 aliphatic heterocycles. The summed E-state index contributed by atoms with van der Waals surface area (Å²) in [6, 6.07) is 13.6. The zero-order valence-electron chi connectivity index (χ0n) is 17.5. The van der Waals surface area contributed by atoms with Crippen molar-refractivity contribution >= 4 is 17.7 Å². The third kappa shape index (κ3) is 5.66. The van der Waals surface area contributed by atoms with Gasteiger partial charge in [-0.2, -0.15) is 0 Å². The number of urea groups is 1. The molecule has 0 radical (unpaired) electrons. The number of carbonyl (C=O) groups excluding carboxylic acids is 1. The van der Waals surface area contributed by atoms with Gasteiger partial charge in [0.05, 0.1) is 12.5 Å². The summed E-state index contributed by atoms with van der Waals surface area (Å²) in [6.45, 7) is 1.96. The first-order chi connectivity index (χ1) is 15.2. The number of anilines is 1. The fraction of sp³-hybridized carbons (Fsp3) is 0.174. The third-order valence-electron chi connectivity index (χ3n) is 4.69. The highest BCUT2D eigenvalue weighted by molar-refractivity contribution is 5.91. The first-order valence-corrected chi connectivity index (χ1v) is 9.75. The Morgan fingerprint density at radius 2 is 1.81 bits per heavy atom. The molecule has 0 fully saturated rings. The van der Waals surface area contributed by atoms with Crippen molar-refractivity contribution in [2.75, 3.05) is 5.32 Å². The van der Waals surface area contributed by atoms with Crippen molar-refractivity contribution in [3.05, 3.63) is 82.3 Å². The molecule has 1 aromatic heterocycles. The number of hydrogen-bond acceptors (Lipinski definition) is 5. The monoisotopic (exact) mass is 437 g/mol. The molecule has 0 saturated carbocycles. The minimum atomic E-state index is -1.13. The maximum absolute atomic E-state index is 12.5. The van der Waals surface area contributed by atoms with E-state index < -0.39 is 35.8 Å². The maximum Gasteiger partial charge on any atom is 0.319 e. The van der Waals surface area contributed by atoms with Gasteiger partial charge in [0.2, 0.25) is 0 Å². The van der Waals surface area contributed by atoms with Gasteiger partial charge < -0.3 is 30.2 Å². The molecule has 4 N–H and O–H groups in total. The average Bonchev–Trinajstić information content (AvgIpc) is 2.75. The molecule has 1 heterocycles. The van der Waals surface area contributed by atoms with Gasteiger partial charge >= 0.3 is 12.0 Å². The van der Waals surface area contributed by atoms with E-state index in [9.17, 15) is 24.6 Å². The van der Waals surface area contributed by atoms with Crippen molar-refractivity contribution in [1.29, 1.82) is 0 Å². The molecule has 0 saturated heterocycles. The topological polar surface area (TPSA) is 130 Å². The summed E-state index contributed by atoms with van der Waals surface area (Å²) in [7, 11) is 1.47. The maximum atomic E-state index is 12.5. The number of aliphatic carboxylic acids is 1. The molecular weight excluding hydrogens is 414 g/mol. The first-order valence-electron chi connectivity index (χ1n) is 9.75. The Balaban J connectivity index is 1.80. The summed E-state index contributed by atoms with van der Waals surface area (Å²) in [5, 5.41) is 24.0. The van der Waals surface area contributed by atoms with Gasteiger partial charge in [0.1, 0.15) is 17.2 Å². The number of carboxylic acid groups (broad SMARTS) is 1. The highest BCUT2D eigenvalue weighted by atomic mass is 16.5. The Bertz CT molecular complexity index is 1190. The number of ether oxygens (including phenoxy) is 1. The number of aryl methyl sites for hydroxylation is 2. The van der Waals surface area contributed by atoms with Gasteiger partial charge in [0.25, 0.3) is 5.56 Å². The quantitative estimate of drug-likeness (QED) is 0.447. The molecule has 0 aliphatic rings. The zero-order chi connectivity index (χ0) is 23.3. The highest BCUT2D eigenvalue weighted by Crippen LogP contribution is 2.26. The Labute approximate surface area is 183 Å². The summed E-state index contributed by atoms with van der Waals surface area (Å²) < 4.78 is 7.01. The zero-order valence-corrected chi connectivity index (χ0v) is 17.5. The van der Waals surface area contributed by atoms with Crippen LogP contribution < -0.4 is 20.9 Å². The van der Waals surface area contributed by atoms with Crippen LogP contribution in [0.15, 0.2) is 65.6 Å². The Morgan fingerprint density at radius 1 is 1.09 bits per heavy atom. The van der Waals surface area contributed by atoms with E-state index in [-0.39, 0.29) is 5.69 Å². The molecule has 1 atom stereocenters. The van der Waals surface area contributed by atoms with E-state index in [1.807, 2.05) is 31.2 Å². The van der Waals surface area contributed by atoms with E-state index in [2.05, 4.69) is 10.6 Å². The summed E-state index contributed by atoms with van der Waals surface area (Å²) in [4.78, 5) is 36.0. The number of aromatic hydroxyl groups is 1. The van der Waals surface area contributed by atoms with Gasteiger partial charge in [-0.1, -0.05) is 29.8 Å².